The maximum absolute atomic E-state index is 13.1. The molecule has 8 heteroatoms. The number of benzene rings is 1. The van der Waals surface area contributed by atoms with Gasteiger partial charge in [0.05, 0.1) is 24.7 Å². The molecule has 0 fully saturated rings. The highest BCUT2D eigenvalue weighted by Crippen LogP contribution is 2.25. The number of halogens is 1. The van der Waals surface area contributed by atoms with E-state index in [4.69, 9.17) is 9.26 Å². The second-order valence-corrected chi connectivity index (χ2v) is 6.61. The van der Waals surface area contributed by atoms with Crippen molar-refractivity contribution in [2.75, 3.05) is 13.6 Å². The second kappa shape index (κ2) is 7.82. The first kappa shape index (κ1) is 18.3. The Bertz CT molecular complexity index is 759. The first-order chi connectivity index (χ1) is 12.4. The molecule has 2 atom stereocenters. The molecule has 2 aromatic rings. The number of guanidine groups is 1. The van der Waals surface area contributed by atoms with Crippen LogP contribution in [0.4, 0.5) is 4.39 Å². The van der Waals surface area contributed by atoms with E-state index in [2.05, 4.69) is 20.4 Å². The minimum absolute atomic E-state index is 0.0746. The summed E-state index contributed by atoms with van der Waals surface area (Å²) in [5.74, 6) is 1.51. The standard InChI is InChI=1S/C18H24FN5O2/c1-11(2)25-10-16-22-17(23-26-16)12(3)21-18-20-9-15(24(18)4)13-5-7-14(19)8-6-13/h5-8,11-12,15H,9-10H2,1-4H3,(H,20,21). The lowest BCUT2D eigenvalue weighted by Gasteiger charge is -2.25. The van der Waals surface area contributed by atoms with Gasteiger partial charge < -0.3 is 19.5 Å². The summed E-state index contributed by atoms with van der Waals surface area (Å²) >= 11 is 0. The average molecular weight is 361 g/mol. The van der Waals surface area contributed by atoms with Crippen LogP contribution in [0.15, 0.2) is 33.8 Å². The van der Waals surface area contributed by atoms with E-state index in [1.807, 2.05) is 32.7 Å². The van der Waals surface area contributed by atoms with Crippen molar-refractivity contribution in [3.05, 3.63) is 47.4 Å². The molecular formula is C18H24FN5O2. The monoisotopic (exact) mass is 361 g/mol. The predicted molar refractivity (Wildman–Crippen MR) is 95.0 cm³/mol. The van der Waals surface area contributed by atoms with E-state index in [0.29, 0.717) is 24.9 Å². The highest BCUT2D eigenvalue weighted by Gasteiger charge is 2.27. The molecule has 3 rings (SSSR count). The molecule has 1 aliphatic rings. The molecule has 1 aromatic carbocycles. The summed E-state index contributed by atoms with van der Waals surface area (Å²) in [7, 11) is 1.96. The number of likely N-dealkylation sites (N-methyl/N-ethyl adjacent to an activating group) is 1. The van der Waals surface area contributed by atoms with Gasteiger partial charge >= 0.3 is 0 Å². The van der Waals surface area contributed by atoms with Gasteiger partial charge in [-0.15, -0.1) is 0 Å². The quantitative estimate of drug-likeness (QED) is 0.853. The summed E-state index contributed by atoms with van der Waals surface area (Å²) in [5.41, 5.74) is 1.02. The predicted octanol–water partition coefficient (Wildman–Crippen LogP) is 2.83. The zero-order valence-electron chi connectivity index (χ0n) is 15.4. The van der Waals surface area contributed by atoms with Gasteiger partial charge in [-0.1, -0.05) is 17.3 Å². The molecule has 0 radical (unpaired) electrons. The average Bonchev–Trinajstić information content (AvgIpc) is 3.22. The summed E-state index contributed by atoms with van der Waals surface area (Å²) < 4.78 is 23.8. The van der Waals surface area contributed by atoms with Crippen molar-refractivity contribution in [2.24, 2.45) is 4.99 Å². The molecule has 2 heterocycles. The number of rotatable bonds is 6. The Morgan fingerprint density at radius 1 is 1.31 bits per heavy atom. The van der Waals surface area contributed by atoms with Crippen molar-refractivity contribution in [3.63, 3.8) is 0 Å². The molecule has 26 heavy (non-hydrogen) atoms. The van der Waals surface area contributed by atoms with Gasteiger partial charge in [0.2, 0.25) is 0 Å². The summed E-state index contributed by atoms with van der Waals surface area (Å²) in [6.07, 6.45) is 0.103. The van der Waals surface area contributed by atoms with E-state index in [1.54, 1.807) is 12.1 Å². The molecule has 1 aromatic heterocycles. The van der Waals surface area contributed by atoms with E-state index in [-0.39, 0.29) is 24.0 Å². The molecule has 0 spiro atoms. The van der Waals surface area contributed by atoms with Crippen molar-refractivity contribution >= 4 is 5.96 Å². The SMILES string of the molecule is CC(C)OCc1nc(C(C)NC2=NCC(c3ccc(F)cc3)N2C)no1. The lowest BCUT2D eigenvalue weighted by atomic mass is 10.1. The normalized spacial score (nSPS) is 18.3. The van der Waals surface area contributed by atoms with Crippen LogP contribution >= 0.6 is 0 Å². The third kappa shape index (κ3) is 4.19. The van der Waals surface area contributed by atoms with Gasteiger partial charge in [0.1, 0.15) is 12.4 Å². The molecule has 0 aliphatic carbocycles. The third-order valence-corrected chi connectivity index (χ3v) is 4.23. The number of nitrogens with zero attached hydrogens (tertiary/aromatic N) is 4. The lowest BCUT2D eigenvalue weighted by molar-refractivity contribution is 0.0485. The highest BCUT2D eigenvalue weighted by atomic mass is 19.1. The minimum atomic E-state index is -0.239. The Balaban J connectivity index is 1.59. The molecule has 7 nitrogen and oxygen atoms in total. The van der Waals surface area contributed by atoms with E-state index in [1.165, 1.54) is 12.1 Å². The number of hydrogen-bond acceptors (Lipinski definition) is 7. The summed E-state index contributed by atoms with van der Waals surface area (Å²) in [4.78, 5) is 10.9. The van der Waals surface area contributed by atoms with Crippen molar-refractivity contribution in [2.45, 2.75) is 45.6 Å². The van der Waals surface area contributed by atoms with Crippen molar-refractivity contribution < 1.29 is 13.7 Å². The Morgan fingerprint density at radius 3 is 2.73 bits per heavy atom. The number of ether oxygens (including phenoxy) is 1. The highest BCUT2D eigenvalue weighted by molar-refractivity contribution is 5.82. The van der Waals surface area contributed by atoms with Crippen LogP contribution in [0.5, 0.6) is 0 Å². The zero-order valence-corrected chi connectivity index (χ0v) is 15.4. The Morgan fingerprint density at radius 2 is 2.04 bits per heavy atom. The number of aromatic nitrogens is 2. The van der Waals surface area contributed by atoms with Crippen LogP contribution in [-0.4, -0.2) is 40.7 Å². The first-order valence-electron chi connectivity index (χ1n) is 8.67. The van der Waals surface area contributed by atoms with Crippen LogP contribution in [0, 0.1) is 5.82 Å². The van der Waals surface area contributed by atoms with Gasteiger partial charge in [0, 0.05) is 7.05 Å². The Kier molecular flexibility index (Phi) is 5.51. The lowest BCUT2D eigenvalue weighted by Crippen LogP contribution is -2.38. The minimum Gasteiger partial charge on any atom is -0.369 e. The van der Waals surface area contributed by atoms with Crippen LogP contribution < -0.4 is 5.32 Å². The molecule has 0 saturated heterocycles. The topological polar surface area (TPSA) is 75.8 Å². The van der Waals surface area contributed by atoms with Crippen molar-refractivity contribution in [1.29, 1.82) is 0 Å². The van der Waals surface area contributed by atoms with Gasteiger partial charge in [0.25, 0.3) is 5.89 Å². The van der Waals surface area contributed by atoms with Crippen LogP contribution in [-0.2, 0) is 11.3 Å². The maximum atomic E-state index is 13.1. The summed E-state index contributed by atoms with van der Waals surface area (Å²) in [6.45, 7) is 6.75. The van der Waals surface area contributed by atoms with Crippen molar-refractivity contribution in [1.82, 2.24) is 20.4 Å². The number of aliphatic imine (C=N–C) groups is 1. The molecule has 2 unspecified atom stereocenters. The van der Waals surface area contributed by atoms with Crippen molar-refractivity contribution in [3.8, 4) is 0 Å². The van der Waals surface area contributed by atoms with Crippen LogP contribution in [0.25, 0.3) is 0 Å². The summed E-state index contributed by atoms with van der Waals surface area (Å²) in [5, 5.41) is 7.31. The molecule has 0 bridgehead atoms. The summed E-state index contributed by atoms with van der Waals surface area (Å²) in [6, 6.07) is 6.43. The Hall–Kier alpha value is -2.48. The van der Waals surface area contributed by atoms with Gasteiger partial charge in [-0.05, 0) is 38.5 Å². The van der Waals surface area contributed by atoms with E-state index in [0.717, 1.165) is 11.5 Å². The number of nitrogens with one attached hydrogen (secondary N) is 1. The molecular weight excluding hydrogens is 337 g/mol. The fraction of sp³-hybridized carbons (Fsp3) is 0.500. The van der Waals surface area contributed by atoms with E-state index in [9.17, 15) is 4.39 Å². The fourth-order valence-corrected chi connectivity index (χ4v) is 2.71. The maximum Gasteiger partial charge on any atom is 0.252 e. The smallest absolute Gasteiger partial charge is 0.252 e. The Labute approximate surface area is 152 Å². The van der Waals surface area contributed by atoms with Gasteiger partial charge in [-0.2, -0.15) is 4.98 Å². The molecule has 0 saturated carbocycles. The zero-order chi connectivity index (χ0) is 18.7. The molecule has 0 amide bonds. The fourth-order valence-electron chi connectivity index (χ4n) is 2.71. The van der Waals surface area contributed by atoms with Gasteiger partial charge in [0.15, 0.2) is 11.8 Å². The van der Waals surface area contributed by atoms with Crippen LogP contribution in [0.2, 0.25) is 0 Å². The molecule has 1 N–H and O–H groups in total. The third-order valence-electron chi connectivity index (χ3n) is 4.23. The number of hydrogen-bond donors (Lipinski definition) is 1. The van der Waals surface area contributed by atoms with Gasteiger partial charge in [-0.3, -0.25) is 4.99 Å². The molecule has 140 valence electrons. The second-order valence-electron chi connectivity index (χ2n) is 6.61. The van der Waals surface area contributed by atoms with Gasteiger partial charge in [-0.25, -0.2) is 4.39 Å². The molecule has 1 aliphatic heterocycles. The first-order valence-corrected chi connectivity index (χ1v) is 8.67. The van der Waals surface area contributed by atoms with E-state index < -0.39 is 0 Å². The van der Waals surface area contributed by atoms with E-state index >= 15 is 0 Å². The van der Waals surface area contributed by atoms with Crippen LogP contribution in [0.1, 0.15) is 50.1 Å². The van der Waals surface area contributed by atoms with Crippen LogP contribution in [0.3, 0.4) is 0 Å². The largest absolute Gasteiger partial charge is 0.369 e.